The first-order valence-corrected chi connectivity index (χ1v) is 2.00. The van der Waals surface area contributed by atoms with Crippen LogP contribution in [0.15, 0.2) is 0 Å². The summed E-state index contributed by atoms with van der Waals surface area (Å²) in [4.78, 5) is 0. The third-order valence-electron chi connectivity index (χ3n) is 0. The molecule has 0 unspecified atom stereocenters. The molecule has 6 radical (unpaired) electrons. The molecule has 0 bridgehead atoms. The van der Waals surface area contributed by atoms with Crippen molar-refractivity contribution in [3.05, 3.63) is 0 Å². The van der Waals surface area contributed by atoms with Crippen LogP contribution < -0.4 is 0 Å². The standard InChI is InChI=1S/H2O4S.2Sn/c1-5(2,3)4;;/h(H2,1,2,3,4);;/q;;+2/p-2. The molecular weight excluding hydrogens is 333 g/mol. The third kappa shape index (κ3) is 104. The van der Waals surface area contributed by atoms with Crippen LogP contribution in [-0.4, -0.2) is 65.3 Å². The molecule has 7 heteroatoms. The van der Waals surface area contributed by atoms with Crippen molar-refractivity contribution in [1.29, 1.82) is 0 Å². The van der Waals surface area contributed by atoms with E-state index in [9.17, 15) is 0 Å². The van der Waals surface area contributed by atoms with E-state index in [2.05, 4.69) is 0 Å². The van der Waals surface area contributed by atoms with Crippen LogP contribution in [0.3, 0.4) is 0 Å². The molecule has 4 nitrogen and oxygen atoms in total. The molecule has 7 heavy (non-hydrogen) atoms. The smallest absolute Gasteiger partial charge is 0.759 e. The van der Waals surface area contributed by atoms with Gasteiger partial charge in [0.25, 0.3) is 0 Å². The predicted molar refractivity (Wildman–Crippen MR) is 22.0 cm³/mol. The summed E-state index contributed by atoms with van der Waals surface area (Å²) in [5.41, 5.74) is 0. The van der Waals surface area contributed by atoms with Gasteiger partial charge < -0.3 is 9.11 Å². The van der Waals surface area contributed by atoms with Gasteiger partial charge in [0.05, 0.1) is 0 Å². The predicted octanol–water partition coefficient (Wildman–Crippen LogP) is -2.10. The topological polar surface area (TPSA) is 80.3 Å². The molecule has 0 aromatic carbocycles. The van der Waals surface area contributed by atoms with Crippen molar-refractivity contribution in [3.63, 3.8) is 0 Å². The van der Waals surface area contributed by atoms with E-state index in [0.29, 0.717) is 0 Å². The van der Waals surface area contributed by atoms with Gasteiger partial charge in [-0.25, -0.2) is 0 Å². The van der Waals surface area contributed by atoms with E-state index in [1.165, 1.54) is 0 Å². The van der Waals surface area contributed by atoms with Crippen LogP contribution >= 0.6 is 0 Å². The van der Waals surface area contributed by atoms with Gasteiger partial charge in [0.2, 0.25) is 0 Å². The Kier molecular flexibility index (Phi) is 12.6. The maximum atomic E-state index is 8.52. The van der Waals surface area contributed by atoms with Crippen molar-refractivity contribution < 1.29 is 17.5 Å². The summed E-state index contributed by atoms with van der Waals surface area (Å²) >= 11 is 0. The molecule has 0 atom stereocenters. The van der Waals surface area contributed by atoms with Gasteiger partial charge in [-0.05, 0) is 0 Å². The van der Waals surface area contributed by atoms with Crippen LogP contribution in [0.2, 0.25) is 0 Å². The zero-order valence-electron chi connectivity index (χ0n) is 3.04. The van der Waals surface area contributed by atoms with Gasteiger partial charge in [0.15, 0.2) is 0 Å². The fraction of sp³-hybridized carbons (Fsp3) is 0. The molecule has 0 spiro atoms. The Hall–Kier alpha value is 1.47. The Bertz CT molecular complexity index is 92.9. The van der Waals surface area contributed by atoms with Gasteiger partial charge in [0.1, 0.15) is 0 Å². The number of hydrogen-bond donors (Lipinski definition) is 0. The molecule has 0 aromatic rings. The van der Waals surface area contributed by atoms with Crippen LogP contribution in [0.5, 0.6) is 0 Å². The maximum absolute atomic E-state index is 8.52. The molecule has 0 fully saturated rings. The first kappa shape index (κ1) is 15.8. The van der Waals surface area contributed by atoms with Gasteiger partial charge in [-0.15, -0.1) is 0 Å². The first-order valence-electron chi connectivity index (χ1n) is 0.667. The van der Waals surface area contributed by atoms with Gasteiger partial charge >= 0.3 is 23.9 Å². The maximum Gasteiger partial charge on any atom is 2.00 e. The fourth-order valence-electron chi connectivity index (χ4n) is 0. The Balaban J connectivity index is -0.0000000800. The fourth-order valence-corrected chi connectivity index (χ4v) is 0. The van der Waals surface area contributed by atoms with E-state index < -0.39 is 10.4 Å². The molecule has 0 aliphatic carbocycles. The molecule has 0 saturated heterocycles. The molecule has 0 N–H and O–H groups in total. The van der Waals surface area contributed by atoms with E-state index in [1.54, 1.807) is 0 Å². The van der Waals surface area contributed by atoms with E-state index in [4.69, 9.17) is 17.5 Å². The van der Waals surface area contributed by atoms with Gasteiger partial charge in [-0.3, -0.25) is 8.42 Å². The molecule has 0 amide bonds. The molecule has 0 aliphatic rings. The second-order valence-electron chi connectivity index (χ2n) is 0.408. The Morgan fingerprint density at radius 3 is 1.14 bits per heavy atom. The summed E-state index contributed by atoms with van der Waals surface area (Å²) in [7, 11) is -5.17. The van der Waals surface area contributed by atoms with E-state index in [0.717, 1.165) is 0 Å². The van der Waals surface area contributed by atoms with Crippen LogP contribution in [0.1, 0.15) is 0 Å². The van der Waals surface area contributed by atoms with Crippen molar-refractivity contribution in [2.45, 2.75) is 0 Å². The minimum atomic E-state index is -5.17. The second kappa shape index (κ2) is 5.60. The minimum absolute atomic E-state index is 0. The van der Waals surface area contributed by atoms with Crippen molar-refractivity contribution in [1.82, 2.24) is 0 Å². The molecule has 0 rings (SSSR count). The van der Waals surface area contributed by atoms with Crippen molar-refractivity contribution in [2.75, 3.05) is 0 Å². The number of hydrogen-bond acceptors (Lipinski definition) is 4. The first-order chi connectivity index (χ1) is 2.00. The minimum Gasteiger partial charge on any atom is -0.759 e. The molecule has 0 aromatic heterocycles. The molecular formula is O4SSn2. The average Bonchev–Trinajstić information content (AvgIpc) is 0.722. The van der Waals surface area contributed by atoms with E-state index in [-0.39, 0.29) is 47.8 Å². The Labute approximate surface area is 75.2 Å². The quantitative estimate of drug-likeness (QED) is 0.289. The molecule has 38 valence electrons. The van der Waals surface area contributed by atoms with Crippen LogP contribution in [0.25, 0.3) is 0 Å². The molecule has 0 aliphatic heterocycles. The van der Waals surface area contributed by atoms with Gasteiger partial charge in [0, 0.05) is 34.3 Å². The zero-order valence-corrected chi connectivity index (χ0v) is 9.57. The average molecular weight is 333 g/mol. The molecule has 0 heterocycles. The summed E-state index contributed by atoms with van der Waals surface area (Å²) in [5.74, 6) is 0. The van der Waals surface area contributed by atoms with Crippen molar-refractivity contribution >= 4 is 58.2 Å². The number of rotatable bonds is 0. The summed E-state index contributed by atoms with van der Waals surface area (Å²) in [6.45, 7) is 0. The van der Waals surface area contributed by atoms with Crippen molar-refractivity contribution in [2.24, 2.45) is 0 Å². The molecule has 0 saturated carbocycles. The van der Waals surface area contributed by atoms with Gasteiger partial charge in [-0.2, -0.15) is 0 Å². The normalized spacial score (nSPS) is 8.29. The Morgan fingerprint density at radius 2 is 1.14 bits per heavy atom. The van der Waals surface area contributed by atoms with Crippen LogP contribution in [-0.2, 0) is 10.4 Å². The SMILES string of the molecule is O=S(=O)([O-])[O-].[Sn+2].[Sn]. The Morgan fingerprint density at radius 1 is 1.14 bits per heavy atom. The van der Waals surface area contributed by atoms with Gasteiger partial charge in [-0.1, -0.05) is 0 Å². The van der Waals surface area contributed by atoms with E-state index >= 15 is 0 Å². The van der Waals surface area contributed by atoms with E-state index in [1.807, 2.05) is 0 Å². The van der Waals surface area contributed by atoms with Crippen LogP contribution in [0, 0.1) is 0 Å². The zero-order chi connectivity index (χ0) is 4.50. The van der Waals surface area contributed by atoms with Crippen molar-refractivity contribution in [3.8, 4) is 0 Å². The summed E-state index contributed by atoms with van der Waals surface area (Å²) < 4.78 is 34.1. The third-order valence-corrected chi connectivity index (χ3v) is 0. The summed E-state index contributed by atoms with van der Waals surface area (Å²) in [5, 5.41) is 0. The summed E-state index contributed by atoms with van der Waals surface area (Å²) in [6, 6.07) is 0. The summed E-state index contributed by atoms with van der Waals surface area (Å²) in [6.07, 6.45) is 0. The van der Waals surface area contributed by atoms with Crippen LogP contribution in [0.4, 0.5) is 0 Å². The largest absolute Gasteiger partial charge is 2.00 e. The monoisotopic (exact) mass is 336 g/mol. The second-order valence-corrected chi connectivity index (χ2v) is 1.22.